The zero-order valence-electron chi connectivity index (χ0n) is 6.29. The number of hydrogen-bond acceptors (Lipinski definition) is 2. The summed E-state index contributed by atoms with van der Waals surface area (Å²) in [5, 5.41) is 11.2. The molecule has 10 heavy (non-hydrogen) atoms. The number of carboxylic acid groups (broad SMARTS) is 1. The predicted molar refractivity (Wildman–Crippen MR) is 39.9 cm³/mol. The highest BCUT2D eigenvalue weighted by Gasteiger charge is 2.06. The number of aliphatic carboxylic acids is 1. The third-order valence-corrected chi connectivity index (χ3v) is 1.15. The lowest BCUT2D eigenvalue weighted by atomic mass is 10.3. The average molecular weight is 143 g/mol. The van der Waals surface area contributed by atoms with E-state index in [4.69, 9.17) is 5.11 Å². The van der Waals surface area contributed by atoms with Gasteiger partial charge in [0.05, 0.1) is 0 Å². The van der Waals surface area contributed by atoms with Crippen LogP contribution in [-0.4, -0.2) is 23.7 Å². The molecule has 0 bridgehead atoms. The monoisotopic (exact) mass is 143 g/mol. The fraction of sp³-hybridized carbons (Fsp3) is 0.571. The molecule has 0 aliphatic heterocycles. The minimum Gasteiger partial charge on any atom is -0.480 e. The summed E-state index contributed by atoms with van der Waals surface area (Å²) >= 11 is 0. The van der Waals surface area contributed by atoms with Crippen molar-refractivity contribution < 1.29 is 9.90 Å². The molecular formula is C7H13NO2. The second-order valence-corrected chi connectivity index (χ2v) is 2.04. The number of carboxylic acids is 1. The van der Waals surface area contributed by atoms with Crippen LogP contribution in [0.3, 0.4) is 0 Å². The predicted octanol–water partition coefficient (Wildman–Crippen LogP) is 0.625. The van der Waals surface area contributed by atoms with Gasteiger partial charge in [-0.2, -0.15) is 0 Å². The van der Waals surface area contributed by atoms with Gasteiger partial charge in [0.1, 0.15) is 6.04 Å². The molecule has 0 aromatic heterocycles. The van der Waals surface area contributed by atoms with Gasteiger partial charge in [0, 0.05) is 6.54 Å². The Morgan fingerprint density at radius 2 is 2.40 bits per heavy atom. The van der Waals surface area contributed by atoms with Crippen molar-refractivity contribution >= 4 is 5.97 Å². The SMILES string of the molecule is C/C=C/CN[C@H](C)C(=O)O. The molecule has 0 aliphatic carbocycles. The van der Waals surface area contributed by atoms with E-state index in [2.05, 4.69) is 5.32 Å². The van der Waals surface area contributed by atoms with Gasteiger partial charge in [-0.15, -0.1) is 0 Å². The minimum absolute atomic E-state index is 0.462. The molecule has 0 radical (unpaired) electrons. The highest BCUT2D eigenvalue weighted by molar-refractivity contribution is 5.72. The topological polar surface area (TPSA) is 49.3 Å². The largest absolute Gasteiger partial charge is 0.480 e. The number of carbonyl (C=O) groups is 1. The van der Waals surface area contributed by atoms with Crippen molar-refractivity contribution in [3.8, 4) is 0 Å². The fourth-order valence-corrected chi connectivity index (χ4v) is 0.450. The van der Waals surface area contributed by atoms with Crippen molar-refractivity contribution in [3.63, 3.8) is 0 Å². The van der Waals surface area contributed by atoms with Crippen LogP contribution < -0.4 is 5.32 Å². The molecule has 3 nitrogen and oxygen atoms in total. The van der Waals surface area contributed by atoms with Crippen molar-refractivity contribution in [2.45, 2.75) is 19.9 Å². The highest BCUT2D eigenvalue weighted by atomic mass is 16.4. The zero-order chi connectivity index (χ0) is 7.98. The van der Waals surface area contributed by atoms with Crippen molar-refractivity contribution in [1.29, 1.82) is 0 Å². The summed E-state index contributed by atoms with van der Waals surface area (Å²) in [6, 6.07) is -0.462. The van der Waals surface area contributed by atoms with E-state index in [1.54, 1.807) is 6.92 Å². The number of allylic oxidation sites excluding steroid dienone is 1. The molecule has 0 saturated heterocycles. The summed E-state index contributed by atoms with van der Waals surface area (Å²) in [5.41, 5.74) is 0. The molecule has 0 heterocycles. The van der Waals surface area contributed by atoms with E-state index in [0.29, 0.717) is 6.54 Å². The first-order chi connectivity index (χ1) is 4.68. The van der Waals surface area contributed by atoms with Gasteiger partial charge in [-0.3, -0.25) is 4.79 Å². The molecule has 0 amide bonds. The molecule has 1 atom stereocenters. The maximum Gasteiger partial charge on any atom is 0.320 e. The van der Waals surface area contributed by atoms with E-state index in [9.17, 15) is 4.79 Å². The second-order valence-electron chi connectivity index (χ2n) is 2.04. The lowest BCUT2D eigenvalue weighted by molar-refractivity contribution is -0.138. The Bertz CT molecular complexity index is 132. The zero-order valence-corrected chi connectivity index (χ0v) is 6.29. The smallest absolute Gasteiger partial charge is 0.320 e. The maximum absolute atomic E-state index is 10.2. The van der Waals surface area contributed by atoms with Crippen molar-refractivity contribution in [2.75, 3.05) is 6.54 Å². The molecule has 0 spiro atoms. The summed E-state index contributed by atoms with van der Waals surface area (Å²) in [5.74, 6) is -0.815. The Kier molecular flexibility index (Phi) is 4.58. The van der Waals surface area contributed by atoms with Crippen LogP contribution in [0, 0.1) is 0 Å². The number of nitrogens with one attached hydrogen (secondary N) is 1. The summed E-state index contributed by atoms with van der Waals surface area (Å²) in [7, 11) is 0. The van der Waals surface area contributed by atoms with Crippen molar-refractivity contribution in [3.05, 3.63) is 12.2 Å². The number of hydrogen-bond donors (Lipinski definition) is 2. The summed E-state index contributed by atoms with van der Waals surface area (Å²) in [6.45, 7) is 4.13. The van der Waals surface area contributed by atoms with Gasteiger partial charge < -0.3 is 10.4 Å². The summed E-state index contributed by atoms with van der Waals surface area (Å²) in [6.07, 6.45) is 3.75. The van der Waals surface area contributed by atoms with Gasteiger partial charge in [-0.05, 0) is 13.8 Å². The first kappa shape index (κ1) is 9.17. The van der Waals surface area contributed by atoms with Gasteiger partial charge in [0.25, 0.3) is 0 Å². The lowest BCUT2D eigenvalue weighted by Crippen LogP contribution is -2.33. The Morgan fingerprint density at radius 3 is 2.80 bits per heavy atom. The summed E-state index contributed by atoms with van der Waals surface area (Å²) < 4.78 is 0. The van der Waals surface area contributed by atoms with Gasteiger partial charge in [-0.1, -0.05) is 12.2 Å². The molecule has 0 aromatic carbocycles. The van der Waals surface area contributed by atoms with Crippen LogP contribution in [0.1, 0.15) is 13.8 Å². The van der Waals surface area contributed by atoms with Crippen molar-refractivity contribution in [1.82, 2.24) is 5.32 Å². The molecular weight excluding hydrogens is 130 g/mol. The highest BCUT2D eigenvalue weighted by Crippen LogP contribution is 1.79. The van der Waals surface area contributed by atoms with E-state index in [1.807, 2.05) is 19.1 Å². The lowest BCUT2D eigenvalue weighted by Gasteiger charge is -2.04. The van der Waals surface area contributed by atoms with Crippen LogP contribution >= 0.6 is 0 Å². The molecule has 0 rings (SSSR count). The Balaban J connectivity index is 3.39. The Labute approximate surface area is 60.7 Å². The maximum atomic E-state index is 10.2. The Morgan fingerprint density at radius 1 is 1.80 bits per heavy atom. The minimum atomic E-state index is -0.815. The molecule has 0 aromatic rings. The van der Waals surface area contributed by atoms with E-state index in [1.165, 1.54) is 0 Å². The molecule has 2 N–H and O–H groups in total. The van der Waals surface area contributed by atoms with Crippen LogP contribution in [0.15, 0.2) is 12.2 Å². The van der Waals surface area contributed by atoms with E-state index >= 15 is 0 Å². The van der Waals surface area contributed by atoms with Crippen molar-refractivity contribution in [2.24, 2.45) is 0 Å². The standard InChI is InChI=1S/C7H13NO2/c1-3-4-5-8-6(2)7(9)10/h3-4,6,8H,5H2,1-2H3,(H,9,10)/b4-3+/t6-/m1/s1. The first-order valence-electron chi connectivity index (χ1n) is 3.25. The fourth-order valence-electron chi connectivity index (χ4n) is 0.450. The third kappa shape index (κ3) is 4.09. The van der Waals surface area contributed by atoms with E-state index in [0.717, 1.165) is 0 Å². The third-order valence-electron chi connectivity index (χ3n) is 1.15. The average Bonchev–Trinajstić information content (AvgIpc) is 1.88. The van der Waals surface area contributed by atoms with Crippen LogP contribution in [0.2, 0.25) is 0 Å². The second kappa shape index (κ2) is 4.99. The van der Waals surface area contributed by atoms with Crippen LogP contribution in [0.25, 0.3) is 0 Å². The number of rotatable bonds is 4. The molecule has 0 saturated carbocycles. The van der Waals surface area contributed by atoms with Crippen LogP contribution in [0.4, 0.5) is 0 Å². The molecule has 0 fully saturated rings. The first-order valence-corrected chi connectivity index (χ1v) is 3.25. The normalized spacial score (nSPS) is 13.8. The van der Waals surface area contributed by atoms with Gasteiger partial charge in [0.15, 0.2) is 0 Å². The molecule has 58 valence electrons. The van der Waals surface area contributed by atoms with Gasteiger partial charge >= 0.3 is 5.97 Å². The molecule has 3 heteroatoms. The van der Waals surface area contributed by atoms with E-state index < -0.39 is 12.0 Å². The van der Waals surface area contributed by atoms with Gasteiger partial charge in [0.2, 0.25) is 0 Å². The molecule has 0 unspecified atom stereocenters. The van der Waals surface area contributed by atoms with E-state index in [-0.39, 0.29) is 0 Å². The summed E-state index contributed by atoms with van der Waals surface area (Å²) in [4.78, 5) is 10.2. The van der Waals surface area contributed by atoms with Crippen LogP contribution in [0.5, 0.6) is 0 Å². The Hall–Kier alpha value is -0.830. The molecule has 0 aliphatic rings. The van der Waals surface area contributed by atoms with Crippen LogP contribution in [-0.2, 0) is 4.79 Å². The van der Waals surface area contributed by atoms with Gasteiger partial charge in [-0.25, -0.2) is 0 Å². The quantitative estimate of drug-likeness (QED) is 0.567.